The van der Waals surface area contributed by atoms with Crippen molar-refractivity contribution in [2.24, 2.45) is 4.99 Å². The molecule has 7 heteroatoms. The molecule has 0 aliphatic carbocycles. The van der Waals surface area contributed by atoms with E-state index < -0.39 is 0 Å². The van der Waals surface area contributed by atoms with Crippen LogP contribution in [0.5, 0.6) is 0 Å². The molecule has 2 N–H and O–H groups in total. The van der Waals surface area contributed by atoms with E-state index in [1.54, 1.807) is 11.3 Å². The van der Waals surface area contributed by atoms with Crippen molar-refractivity contribution in [2.75, 3.05) is 19.6 Å². The number of aryl methyl sites for hydroxylation is 3. The number of nitrogens with one attached hydrogen (secondary N) is 2. The second kappa shape index (κ2) is 11.9. The van der Waals surface area contributed by atoms with Crippen LogP contribution in [0.3, 0.4) is 0 Å². The summed E-state index contributed by atoms with van der Waals surface area (Å²) in [4.78, 5) is 13.1. The Kier molecular flexibility index (Phi) is 9.85. The van der Waals surface area contributed by atoms with Crippen LogP contribution in [-0.2, 0) is 13.1 Å². The SMILES string of the molecule is CCNC(=NCc1sc(C)nc1C)NC1CCN(Cc2cccc(C)c2)CC1.I. The Morgan fingerprint density at radius 1 is 1.24 bits per heavy atom. The van der Waals surface area contributed by atoms with Gasteiger partial charge in [0.1, 0.15) is 0 Å². The fourth-order valence-electron chi connectivity index (χ4n) is 3.69. The molecular weight excluding hydrogens is 493 g/mol. The molecule has 2 heterocycles. The minimum Gasteiger partial charge on any atom is -0.357 e. The number of hydrogen-bond acceptors (Lipinski definition) is 4. The second-order valence-electron chi connectivity index (χ2n) is 7.62. The molecule has 3 rings (SSSR count). The number of thiazole rings is 1. The van der Waals surface area contributed by atoms with Gasteiger partial charge in [-0.3, -0.25) is 4.90 Å². The van der Waals surface area contributed by atoms with Crippen molar-refractivity contribution in [1.29, 1.82) is 0 Å². The van der Waals surface area contributed by atoms with Crippen molar-refractivity contribution in [3.63, 3.8) is 0 Å². The first-order valence-corrected chi connectivity index (χ1v) is 11.1. The van der Waals surface area contributed by atoms with Crippen LogP contribution < -0.4 is 10.6 Å². The maximum Gasteiger partial charge on any atom is 0.191 e. The molecule has 1 aliphatic rings. The number of aliphatic imine (C=N–C) groups is 1. The monoisotopic (exact) mass is 527 g/mol. The van der Waals surface area contributed by atoms with Gasteiger partial charge in [-0.05, 0) is 46.1 Å². The van der Waals surface area contributed by atoms with Crippen molar-refractivity contribution >= 4 is 41.3 Å². The molecule has 0 unspecified atom stereocenters. The Labute approximate surface area is 196 Å². The van der Waals surface area contributed by atoms with Crippen molar-refractivity contribution in [1.82, 2.24) is 20.5 Å². The third-order valence-corrected chi connectivity index (χ3v) is 6.20. The quantitative estimate of drug-likeness (QED) is 0.332. The molecule has 29 heavy (non-hydrogen) atoms. The summed E-state index contributed by atoms with van der Waals surface area (Å²) in [5, 5.41) is 8.15. The highest BCUT2D eigenvalue weighted by Crippen LogP contribution is 2.18. The number of hydrogen-bond donors (Lipinski definition) is 2. The van der Waals surface area contributed by atoms with E-state index >= 15 is 0 Å². The predicted molar refractivity (Wildman–Crippen MR) is 134 cm³/mol. The molecule has 0 atom stereocenters. The molecule has 1 fully saturated rings. The molecule has 5 nitrogen and oxygen atoms in total. The molecule has 0 amide bonds. The van der Waals surface area contributed by atoms with Crippen molar-refractivity contribution < 1.29 is 0 Å². The minimum atomic E-state index is 0. The van der Waals surface area contributed by atoms with Crippen molar-refractivity contribution in [3.05, 3.63) is 51.0 Å². The van der Waals surface area contributed by atoms with Crippen LogP contribution in [0.15, 0.2) is 29.3 Å². The van der Waals surface area contributed by atoms with Gasteiger partial charge >= 0.3 is 0 Å². The van der Waals surface area contributed by atoms with Gasteiger partial charge in [-0.15, -0.1) is 35.3 Å². The van der Waals surface area contributed by atoms with E-state index in [9.17, 15) is 0 Å². The van der Waals surface area contributed by atoms with Gasteiger partial charge in [0.2, 0.25) is 0 Å². The van der Waals surface area contributed by atoms with Crippen LogP contribution in [0.2, 0.25) is 0 Å². The average molecular weight is 528 g/mol. The molecular formula is C22H34IN5S. The first-order valence-electron chi connectivity index (χ1n) is 10.3. The Balaban J connectivity index is 0.00000300. The zero-order valence-electron chi connectivity index (χ0n) is 18.0. The first kappa shape index (κ1) is 24.1. The van der Waals surface area contributed by atoms with Crippen LogP contribution >= 0.6 is 35.3 Å². The highest BCUT2D eigenvalue weighted by molar-refractivity contribution is 14.0. The standard InChI is InChI=1S/C22H33N5S.HI/c1-5-23-22(24-14-21-17(3)25-18(4)28-21)26-20-9-11-27(12-10-20)15-19-8-6-7-16(2)13-19;/h6-8,13,20H,5,9-12,14-15H2,1-4H3,(H2,23,24,26);1H. The average Bonchev–Trinajstić information content (AvgIpc) is 2.99. The summed E-state index contributed by atoms with van der Waals surface area (Å²) in [6, 6.07) is 9.33. The summed E-state index contributed by atoms with van der Waals surface area (Å²) in [5.74, 6) is 0.921. The molecule has 0 saturated carbocycles. The fourth-order valence-corrected chi connectivity index (χ4v) is 4.55. The third-order valence-electron chi connectivity index (χ3n) is 5.14. The number of rotatable bonds is 6. The molecule has 1 saturated heterocycles. The summed E-state index contributed by atoms with van der Waals surface area (Å²) in [7, 11) is 0. The molecule has 0 bridgehead atoms. The zero-order chi connectivity index (χ0) is 19.9. The first-order chi connectivity index (χ1) is 13.5. The van der Waals surface area contributed by atoms with Crippen LogP contribution in [0, 0.1) is 20.8 Å². The van der Waals surface area contributed by atoms with Crippen molar-refractivity contribution in [3.8, 4) is 0 Å². The van der Waals surface area contributed by atoms with E-state index in [0.717, 1.165) is 55.7 Å². The molecule has 160 valence electrons. The highest BCUT2D eigenvalue weighted by atomic mass is 127. The van der Waals surface area contributed by atoms with E-state index in [4.69, 9.17) is 4.99 Å². The lowest BCUT2D eigenvalue weighted by Gasteiger charge is -2.33. The highest BCUT2D eigenvalue weighted by Gasteiger charge is 2.20. The lowest BCUT2D eigenvalue weighted by atomic mass is 10.0. The summed E-state index contributed by atoms with van der Waals surface area (Å²) >= 11 is 1.74. The number of halogens is 1. The molecule has 1 aromatic carbocycles. The Morgan fingerprint density at radius 2 is 2.00 bits per heavy atom. The van der Waals surface area contributed by atoms with Crippen LogP contribution in [0.1, 0.15) is 46.5 Å². The number of piperidine rings is 1. The molecule has 0 spiro atoms. The van der Waals surface area contributed by atoms with Gasteiger partial charge in [0.25, 0.3) is 0 Å². The summed E-state index contributed by atoms with van der Waals surface area (Å²) in [6.45, 7) is 13.3. The van der Waals surface area contributed by atoms with Crippen LogP contribution in [-0.4, -0.2) is 41.5 Å². The Bertz CT molecular complexity index is 796. The second-order valence-corrected chi connectivity index (χ2v) is 8.91. The number of nitrogens with zero attached hydrogens (tertiary/aromatic N) is 3. The maximum absolute atomic E-state index is 4.80. The largest absolute Gasteiger partial charge is 0.357 e. The van der Waals surface area contributed by atoms with Gasteiger partial charge in [0, 0.05) is 37.1 Å². The topological polar surface area (TPSA) is 52.6 Å². The van der Waals surface area contributed by atoms with E-state index in [1.807, 2.05) is 0 Å². The van der Waals surface area contributed by atoms with Gasteiger partial charge in [-0.25, -0.2) is 9.98 Å². The number of aromatic nitrogens is 1. The maximum atomic E-state index is 4.80. The van der Waals surface area contributed by atoms with E-state index in [1.165, 1.54) is 16.0 Å². The van der Waals surface area contributed by atoms with Gasteiger partial charge < -0.3 is 10.6 Å². The third kappa shape index (κ3) is 7.53. The van der Waals surface area contributed by atoms with Crippen LogP contribution in [0.4, 0.5) is 0 Å². The molecule has 1 aromatic heterocycles. The summed E-state index contributed by atoms with van der Waals surface area (Å²) in [5.41, 5.74) is 3.86. The van der Waals surface area contributed by atoms with Gasteiger partial charge in [-0.1, -0.05) is 29.8 Å². The van der Waals surface area contributed by atoms with E-state index in [2.05, 4.69) is 72.5 Å². The number of benzene rings is 1. The number of guanidine groups is 1. The zero-order valence-corrected chi connectivity index (χ0v) is 21.1. The van der Waals surface area contributed by atoms with Gasteiger partial charge in [0.15, 0.2) is 5.96 Å². The smallest absolute Gasteiger partial charge is 0.191 e. The molecule has 2 aromatic rings. The van der Waals surface area contributed by atoms with E-state index in [0.29, 0.717) is 12.6 Å². The molecule has 0 radical (unpaired) electrons. The minimum absolute atomic E-state index is 0. The summed E-state index contributed by atoms with van der Waals surface area (Å²) in [6.07, 6.45) is 2.30. The van der Waals surface area contributed by atoms with Crippen LogP contribution in [0.25, 0.3) is 0 Å². The van der Waals surface area contributed by atoms with Gasteiger partial charge in [-0.2, -0.15) is 0 Å². The Morgan fingerprint density at radius 3 is 2.62 bits per heavy atom. The Hall–Kier alpha value is -1.19. The lowest BCUT2D eigenvalue weighted by molar-refractivity contribution is 0.198. The van der Waals surface area contributed by atoms with E-state index in [-0.39, 0.29) is 24.0 Å². The number of likely N-dealkylation sites (tertiary alicyclic amines) is 1. The normalized spacial score (nSPS) is 15.8. The lowest BCUT2D eigenvalue weighted by Crippen LogP contribution is -2.48. The fraction of sp³-hybridized carbons (Fsp3) is 0.545. The van der Waals surface area contributed by atoms with Gasteiger partial charge in [0.05, 0.1) is 17.2 Å². The predicted octanol–water partition coefficient (Wildman–Crippen LogP) is 4.41. The van der Waals surface area contributed by atoms with Crippen molar-refractivity contribution in [2.45, 2.75) is 59.7 Å². The summed E-state index contributed by atoms with van der Waals surface area (Å²) < 4.78 is 0. The molecule has 1 aliphatic heterocycles.